The molecule has 0 saturated carbocycles. The number of rotatable bonds is 3. The maximum atomic E-state index is 13.0. The highest BCUT2D eigenvalue weighted by molar-refractivity contribution is 5.96. The van der Waals surface area contributed by atoms with Crippen LogP contribution in [-0.4, -0.2) is 47.6 Å². The van der Waals surface area contributed by atoms with Crippen LogP contribution in [0.3, 0.4) is 0 Å². The average Bonchev–Trinajstić information content (AvgIpc) is 2.79. The Balaban J connectivity index is 1.31. The molecule has 0 atom stereocenters. The van der Waals surface area contributed by atoms with Crippen molar-refractivity contribution in [3.05, 3.63) is 63.1 Å². The Bertz CT molecular complexity index is 1250. The van der Waals surface area contributed by atoms with E-state index in [0.717, 1.165) is 71.8 Å². The van der Waals surface area contributed by atoms with Crippen LogP contribution in [0.2, 0.25) is 0 Å². The van der Waals surface area contributed by atoms with Crippen LogP contribution in [0.25, 0.3) is 10.9 Å². The second-order valence-electron chi connectivity index (χ2n) is 8.82. The number of hydrogen-bond donors (Lipinski definition) is 2. The molecule has 0 radical (unpaired) electrons. The maximum Gasteiger partial charge on any atom is 0.433 e. The molecule has 1 saturated heterocycles. The molecule has 6 nitrogen and oxygen atoms in total. The summed E-state index contributed by atoms with van der Waals surface area (Å²) in [5.74, 6) is 0.362. The maximum absolute atomic E-state index is 13.0. The molecule has 0 bridgehead atoms. The molecular weight excluding hydrogens is 431 g/mol. The second kappa shape index (κ2) is 8.37. The summed E-state index contributed by atoms with van der Waals surface area (Å²) in [7, 11) is 0. The Kier molecular flexibility index (Phi) is 5.52. The van der Waals surface area contributed by atoms with E-state index in [1.54, 1.807) is 6.07 Å². The fourth-order valence-electron chi connectivity index (χ4n) is 4.91. The molecule has 1 aromatic carbocycles. The first-order valence-corrected chi connectivity index (χ1v) is 11.2. The number of aromatic amines is 1. The van der Waals surface area contributed by atoms with E-state index in [2.05, 4.69) is 33.2 Å². The van der Waals surface area contributed by atoms with Gasteiger partial charge in [0, 0.05) is 50.2 Å². The normalized spacial score (nSPS) is 17.2. The number of nitrogens with one attached hydrogen (secondary N) is 2. The van der Waals surface area contributed by atoms with Gasteiger partial charge in [-0.05, 0) is 49.1 Å². The second-order valence-corrected chi connectivity index (χ2v) is 8.82. The van der Waals surface area contributed by atoms with Crippen molar-refractivity contribution in [2.24, 2.45) is 0 Å². The highest BCUT2D eigenvalue weighted by Crippen LogP contribution is 2.32. The minimum Gasteiger partial charge on any atom is -0.384 e. The largest absolute Gasteiger partial charge is 0.433 e. The summed E-state index contributed by atoms with van der Waals surface area (Å²) in [6, 6.07) is 8.24. The van der Waals surface area contributed by atoms with E-state index in [1.165, 1.54) is 6.07 Å². The fraction of sp³-hybridized carbons (Fsp3) is 0.417. The standard InChI is InChI=1S/C24H26F3N5O/c1-15-12-16(13-18-21(15)22-17(23(33)29-18)4-3-7-28-22)14-31-8-10-32(11-9-31)20-6-2-5-19(30-20)24(25,26)27/h2,5-6,12-13,28H,3-4,7-11,14H2,1H3,(H,29,33). The number of pyridine rings is 2. The molecule has 0 aliphatic carbocycles. The van der Waals surface area contributed by atoms with E-state index in [4.69, 9.17) is 0 Å². The molecule has 3 aromatic rings. The number of halogens is 3. The van der Waals surface area contributed by atoms with Crippen molar-refractivity contribution in [1.82, 2.24) is 14.9 Å². The van der Waals surface area contributed by atoms with Crippen LogP contribution in [0.4, 0.5) is 24.7 Å². The third-order valence-corrected chi connectivity index (χ3v) is 6.50. The van der Waals surface area contributed by atoms with Crippen molar-refractivity contribution in [2.75, 3.05) is 42.9 Å². The van der Waals surface area contributed by atoms with Crippen molar-refractivity contribution < 1.29 is 13.2 Å². The Hall–Kier alpha value is -3.07. The van der Waals surface area contributed by atoms with Gasteiger partial charge in [0.1, 0.15) is 11.5 Å². The van der Waals surface area contributed by atoms with Gasteiger partial charge in [0.2, 0.25) is 0 Å². The van der Waals surface area contributed by atoms with Crippen molar-refractivity contribution >= 4 is 22.4 Å². The highest BCUT2D eigenvalue weighted by Gasteiger charge is 2.33. The van der Waals surface area contributed by atoms with Crippen LogP contribution in [-0.2, 0) is 19.1 Å². The number of aryl methyl sites for hydroxylation is 1. The Labute approximate surface area is 189 Å². The first-order chi connectivity index (χ1) is 15.8. The topological polar surface area (TPSA) is 64.3 Å². The molecule has 0 amide bonds. The molecule has 2 N–H and O–H groups in total. The van der Waals surface area contributed by atoms with Crippen LogP contribution in [0.1, 0.15) is 28.8 Å². The Morgan fingerprint density at radius 3 is 2.67 bits per heavy atom. The van der Waals surface area contributed by atoms with E-state index in [9.17, 15) is 18.0 Å². The predicted molar refractivity (Wildman–Crippen MR) is 123 cm³/mol. The summed E-state index contributed by atoms with van der Waals surface area (Å²) in [6.45, 7) is 6.31. The molecule has 2 aliphatic heterocycles. The van der Waals surface area contributed by atoms with Gasteiger partial charge in [0.25, 0.3) is 5.56 Å². The van der Waals surface area contributed by atoms with Crippen LogP contribution in [0, 0.1) is 6.92 Å². The number of H-pyrrole nitrogens is 1. The first-order valence-electron chi connectivity index (χ1n) is 11.2. The molecule has 0 spiro atoms. The SMILES string of the molecule is Cc1cc(CN2CCN(c3cccc(C(F)(F)F)n3)CC2)cc2[nH]c(=O)c3c(c12)NCCC3. The fourth-order valence-corrected chi connectivity index (χ4v) is 4.91. The van der Waals surface area contributed by atoms with Crippen LogP contribution < -0.4 is 15.8 Å². The Morgan fingerprint density at radius 2 is 1.91 bits per heavy atom. The molecule has 1 fully saturated rings. The van der Waals surface area contributed by atoms with Gasteiger partial charge < -0.3 is 15.2 Å². The molecule has 4 heterocycles. The van der Waals surface area contributed by atoms with E-state index in [-0.39, 0.29) is 5.56 Å². The van der Waals surface area contributed by atoms with Gasteiger partial charge in [-0.3, -0.25) is 9.69 Å². The lowest BCUT2D eigenvalue weighted by atomic mass is 9.97. The van der Waals surface area contributed by atoms with Crippen molar-refractivity contribution in [3.8, 4) is 0 Å². The van der Waals surface area contributed by atoms with Gasteiger partial charge in [-0.1, -0.05) is 12.1 Å². The highest BCUT2D eigenvalue weighted by atomic mass is 19.4. The summed E-state index contributed by atoms with van der Waals surface area (Å²) in [5.41, 5.74) is 3.99. The number of piperazine rings is 1. The number of aromatic nitrogens is 2. The average molecular weight is 458 g/mol. The van der Waals surface area contributed by atoms with E-state index >= 15 is 0 Å². The van der Waals surface area contributed by atoms with Gasteiger partial charge in [0.15, 0.2) is 0 Å². The zero-order valence-corrected chi connectivity index (χ0v) is 18.4. The first kappa shape index (κ1) is 21.8. The van der Waals surface area contributed by atoms with E-state index < -0.39 is 11.9 Å². The van der Waals surface area contributed by atoms with Gasteiger partial charge >= 0.3 is 6.18 Å². The van der Waals surface area contributed by atoms with Crippen LogP contribution in [0.5, 0.6) is 0 Å². The molecule has 2 aromatic heterocycles. The number of fused-ring (bicyclic) bond motifs is 3. The molecule has 174 valence electrons. The summed E-state index contributed by atoms with van der Waals surface area (Å²) in [5, 5.41) is 4.49. The number of hydrogen-bond acceptors (Lipinski definition) is 5. The molecule has 2 aliphatic rings. The molecule has 5 rings (SSSR count). The van der Waals surface area contributed by atoms with Gasteiger partial charge in [-0.2, -0.15) is 13.2 Å². The summed E-state index contributed by atoms with van der Waals surface area (Å²) in [6.07, 6.45) is -2.69. The third-order valence-electron chi connectivity index (χ3n) is 6.50. The van der Waals surface area contributed by atoms with E-state index in [0.29, 0.717) is 25.5 Å². The predicted octanol–water partition coefficient (Wildman–Crippen LogP) is 3.93. The molecule has 0 unspecified atom stereocenters. The van der Waals surface area contributed by atoms with Crippen molar-refractivity contribution in [2.45, 2.75) is 32.5 Å². The summed E-state index contributed by atoms with van der Waals surface area (Å²) in [4.78, 5) is 23.6. The van der Waals surface area contributed by atoms with Gasteiger partial charge in [-0.25, -0.2) is 4.98 Å². The lowest BCUT2D eigenvalue weighted by Gasteiger charge is -2.35. The van der Waals surface area contributed by atoms with Gasteiger partial charge in [-0.15, -0.1) is 0 Å². The minimum absolute atomic E-state index is 0.0246. The lowest BCUT2D eigenvalue weighted by Crippen LogP contribution is -2.46. The number of benzene rings is 1. The Morgan fingerprint density at radius 1 is 1.12 bits per heavy atom. The number of nitrogens with zero attached hydrogens (tertiary/aromatic N) is 3. The van der Waals surface area contributed by atoms with E-state index in [1.807, 2.05) is 11.0 Å². The van der Waals surface area contributed by atoms with Crippen molar-refractivity contribution in [1.29, 1.82) is 0 Å². The molecular formula is C24H26F3N5O. The summed E-state index contributed by atoms with van der Waals surface area (Å²) >= 11 is 0. The minimum atomic E-state index is -4.44. The van der Waals surface area contributed by atoms with Crippen molar-refractivity contribution in [3.63, 3.8) is 0 Å². The van der Waals surface area contributed by atoms with Crippen LogP contribution in [0.15, 0.2) is 35.1 Å². The zero-order chi connectivity index (χ0) is 23.2. The number of alkyl halides is 3. The lowest BCUT2D eigenvalue weighted by molar-refractivity contribution is -0.141. The quantitative estimate of drug-likeness (QED) is 0.624. The van der Waals surface area contributed by atoms with Crippen LogP contribution >= 0.6 is 0 Å². The smallest absolute Gasteiger partial charge is 0.384 e. The monoisotopic (exact) mass is 457 g/mol. The zero-order valence-electron chi connectivity index (χ0n) is 18.4. The molecule has 33 heavy (non-hydrogen) atoms. The molecule has 9 heteroatoms. The third kappa shape index (κ3) is 4.29. The summed E-state index contributed by atoms with van der Waals surface area (Å²) < 4.78 is 39.0. The van der Waals surface area contributed by atoms with Gasteiger partial charge in [0.05, 0.1) is 11.2 Å². The number of anilines is 2.